The van der Waals surface area contributed by atoms with Crippen molar-refractivity contribution in [3.05, 3.63) is 60.7 Å². The van der Waals surface area contributed by atoms with E-state index < -0.39 is 7.92 Å². The smallest absolute Gasteiger partial charge is 0.219 e. The second-order valence-corrected chi connectivity index (χ2v) is 8.04. The lowest BCUT2D eigenvalue weighted by Gasteiger charge is -2.28. The van der Waals surface area contributed by atoms with E-state index in [1.807, 2.05) is 0 Å². The summed E-state index contributed by atoms with van der Waals surface area (Å²) in [5.41, 5.74) is 0. The molecular formula is C19H22NOP. The monoisotopic (exact) mass is 311 g/mol. The molecule has 0 bridgehead atoms. The standard InChI is InChI=1S/C19H22NOP/c1-16(21)20-14-8-9-17(20)15-22(18-10-4-2-5-11-18)19-12-6-3-7-13-19/h2-7,10-13,17H,8-9,14-15H2,1H3/t17-/m0/s1. The lowest BCUT2D eigenvalue weighted by atomic mass is 10.2. The minimum absolute atomic E-state index is 0.221. The first-order valence-electron chi connectivity index (χ1n) is 7.90. The lowest BCUT2D eigenvalue weighted by Crippen LogP contribution is -2.37. The summed E-state index contributed by atoms with van der Waals surface area (Å²) in [6, 6.07) is 21.9. The average Bonchev–Trinajstić information content (AvgIpc) is 3.03. The van der Waals surface area contributed by atoms with Crippen LogP contribution in [0.5, 0.6) is 0 Å². The summed E-state index contributed by atoms with van der Waals surface area (Å²) < 4.78 is 0. The fraction of sp³-hybridized carbons (Fsp3) is 0.316. The van der Waals surface area contributed by atoms with Crippen molar-refractivity contribution < 1.29 is 4.79 Å². The van der Waals surface area contributed by atoms with Gasteiger partial charge >= 0.3 is 0 Å². The summed E-state index contributed by atoms with van der Waals surface area (Å²) in [7, 11) is -0.407. The summed E-state index contributed by atoms with van der Waals surface area (Å²) in [5, 5.41) is 2.80. The topological polar surface area (TPSA) is 20.3 Å². The molecule has 0 radical (unpaired) electrons. The number of benzene rings is 2. The first-order valence-corrected chi connectivity index (χ1v) is 9.43. The predicted molar refractivity (Wildman–Crippen MR) is 94.3 cm³/mol. The van der Waals surface area contributed by atoms with Crippen LogP contribution < -0.4 is 10.6 Å². The zero-order valence-corrected chi connectivity index (χ0v) is 13.9. The molecule has 0 N–H and O–H groups in total. The van der Waals surface area contributed by atoms with Gasteiger partial charge in [0.05, 0.1) is 0 Å². The molecule has 1 fully saturated rings. The zero-order chi connectivity index (χ0) is 15.4. The van der Waals surface area contributed by atoms with Crippen molar-refractivity contribution >= 4 is 24.4 Å². The Labute approximate surface area is 133 Å². The second kappa shape index (κ2) is 7.07. The van der Waals surface area contributed by atoms with Gasteiger partial charge in [0.1, 0.15) is 0 Å². The molecule has 114 valence electrons. The molecule has 1 atom stereocenters. The first kappa shape index (κ1) is 15.2. The number of nitrogens with zero attached hydrogens (tertiary/aromatic N) is 1. The largest absolute Gasteiger partial charge is 0.340 e. The molecule has 0 aromatic heterocycles. The van der Waals surface area contributed by atoms with Crippen molar-refractivity contribution in [3.8, 4) is 0 Å². The highest BCUT2D eigenvalue weighted by molar-refractivity contribution is 7.73. The Kier molecular flexibility index (Phi) is 4.90. The third kappa shape index (κ3) is 3.39. The Balaban J connectivity index is 1.88. The third-order valence-corrected chi connectivity index (χ3v) is 6.94. The van der Waals surface area contributed by atoms with E-state index in [0.717, 1.165) is 25.5 Å². The minimum atomic E-state index is -0.407. The highest BCUT2D eigenvalue weighted by Crippen LogP contribution is 2.37. The molecule has 22 heavy (non-hydrogen) atoms. The molecule has 0 aliphatic carbocycles. The Morgan fingerprint density at radius 1 is 1.05 bits per heavy atom. The van der Waals surface area contributed by atoms with E-state index in [-0.39, 0.29) is 5.91 Å². The molecule has 0 saturated carbocycles. The SMILES string of the molecule is CC(=O)N1CCC[C@H]1CP(c1ccccc1)c1ccccc1. The molecule has 0 spiro atoms. The van der Waals surface area contributed by atoms with Gasteiger partial charge < -0.3 is 4.90 Å². The van der Waals surface area contributed by atoms with Crippen LogP contribution >= 0.6 is 7.92 Å². The Morgan fingerprint density at radius 3 is 2.09 bits per heavy atom. The second-order valence-electron chi connectivity index (χ2n) is 5.79. The van der Waals surface area contributed by atoms with Crippen LogP contribution in [-0.4, -0.2) is 29.6 Å². The molecule has 1 amide bonds. The third-order valence-electron chi connectivity index (χ3n) is 4.31. The van der Waals surface area contributed by atoms with Gasteiger partial charge in [-0.05, 0) is 37.5 Å². The summed E-state index contributed by atoms with van der Waals surface area (Å²) in [4.78, 5) is 13.9. The summed E-state index contributed by atoms with van der Waals surface area (Å²) in [6.45, 7) is 2.62. The number of carbonyl (C=O) groups is 1. The van der Waals surface area contributed by atoms with Gasteiger partial charge in [-0.1, -0.05) is 60.7 Å². The van der Waals surface area contributed by atoms with Crippen LogP contribution in [0, 0.1) is 0 Å². The van der Waals surface area contributed by atoms with Gasteiger partial charge in [0.15, 0.2) is 0 Å². The molecule has 1 aliphatic rings. The Hall–Kier alpha value is -1.66. The van der Waals surface area contributed by atoms with E-state index in [0.29, 0.717) is 6.04 Å². The molecule has 2 aromatic rings. The van der Waals surface area contributed by atoms with Gasteiger partial charge in [-0.3, -0.25) is 4.79 Å². The van der Waals surface area contributed by atoms with Crippen LogP contribution in [0.15, 0.2) is 60.7 Å². The van der Waals surface area contributed by atoms with E-state index >= 15 is 0 Å². The fourth-order valence-electron chi connectivity index (χ4n) is 3.23. The predicted octanol–water partition coefficient (Wildman–Crippen LogP) is 3.13. The molecule has 0 unspecified atom stereocenters. The highest BCUT2D eigenvalue weighted by atomic mass is 31.1. The number of carbonyl (C=O) groups excluding carboxylic acids is 1. The number of hydrogen-bond acceptors (Lipinski definition) is 1. The molecule has 2 nitrogen and oxygen atoms in total. The van der Waals surface area contributed by atoms with Crippen LogP contribution in [0.2, 0.25) is 0 Å². The number of rotatable bonds is 4. The van der Waals surface area contributed by atoms with E-state index in [2.05, 4.69) is 65.6 Å². The number of likely N-dealkylation sites (tertiary alicyclic amines) is 1. The van der Waals surface area contributed by atoms with Crippen molar-refractivity contribution in [1.29, 1.82) is 0 Å². The molecule has 3 heteroatoms. The molecule has 1 heterocycles. The average molecular weight is 311 g/mol. The van der Waals surface area contributed by atoms with Crippen molar-refractivity contribution in [2.75, 3.05) is 12.7 Å². The minimum Gasteiger partial charge on any atom is -0.340 e. The van der Waals surface area contributed by atoms with Crippen molar-refractivity contribution in [3.63, 3.8) is 0 Å². The van der Waals surface area contributed by atoms with Crippen molar-refractivity contribution in [2.45, 2.75) is 25.8 Å². The van der Waals surface area contributed by atoms with Crippen LogP contribution in [0.25, 0.3) is 0 Å². The van der Waals surface area contributed by atoms with Crippen LogP contribution in [0.4, 0.5) is 0 Å². The van der Waals surface area contributed by atoms with Crippen LogP contribution in [-0.2, 0) is 4.79 Å². The molecule has 1 saturated heterocycles. The summed E-state index contributed by atoms with van der Waals surface area (Å²) in [6.07, 6.45) is 3.35. The van der Waals surface area contributed by atoms with Gasteiger partial charge in [0.25, 0.3) is 0 Å². The van der Waals surface area contributed by atoms with E-state index in [9.17, 15) is 4.79 Å². The number of hydrogen-bond donors (Lipinski definition) is 0. The lowest BCUT2D eigenvalue weighted by molar-refractivity contribution is -0.129. The van der Waals surface area contributed by atoms with E-state index in [1.165, 1.54) is 10.6 Å². The molecular weight excluding hydrogens is 289 g/mol. The Bertz CT molecular complexity index is 574. The highest BCUT2D eigenvalue weighted by Gasteiger charge is 2.29. The van der Waals surface area contributed by atoms with Gasteiger partial charge in [-0.2, -0.15) is 0 Å². The van der Waals surface area contributed by atoms with Gasteiger partial charge in [0, 0.05) is 19.5 Å². The van der Waals surface area contributed by atoms with Crippen molar-refractivity contribution in [1.82, 2.24) is 4.90 Å². The van der Waals surface area contributed by atoms with Gasteiger partial charge in [0.2, 0.25) is 5.91 Å². The maximum atomic E-state index is 11.8. The van der Waals surface area contributed by atoms with E-state index in [4.69, 9.17) is 0 Å². The molecule has 1 aliphatic heterocycles. The maximum absolute atomic E-state index is 11.8. The van der Waals surface area contributed by atoms with Crippen LogP contribution in [0.3, 0.4) is 0 Å². The molecule has 3 rings (SSSR count). The maximum Gasteiger partial charge on any atom is 0.219 e. The van der Waals surface area contributed by atoms with Crippen molar-refractivity contribution in [2.24, 2.45) is 0 Å². The normalized spacial score (nSPS) is 17.9. The first-order chi connectivity index (χ1) is 10.8. The van der Waals surface area contributed by atoms with Gasteiger partial charge in [-0.25, -0.2) is 0 Å². The van der Waals surface area contributed by atoms with Gasteiger partial charge in [-0.15, -0.1) is 0 Å². The number of amides is 1. The molecule has 2 aromatic carbocycles. The zero-order valence-electron chi connectivity index (χ0n) is 13.0. The summed E-state index contributed by atoms with van der Waals surface area (Å²) >= 11 is 0. The summed E-state index contributed by atoms with van der Waals surface area (Å²) in [5.74, 6) is 0.221. The van der Waals surface area contributed by atoms with E-state index in [1.54, 1.807) is 6.92 Å². The Morgan fingerprint density at radius 2 is 1.59 bits per heavy atom. The fourth-order valence-corrected chi connectivity index (χ4v) is 5.81. The van der Waals surface area contributed by atoms with Crippen LogP contribution in [0.1, 0.15) is 19.8 Å². The quantitative estimate of drug-likeness (QED) is 0.795.